The van der Waals surface area contributed by atoms with Gasteiger partial charge in [-0.15, -0.1) is 0 Å². The molecule has 1 aliphatic heterocycles. The van der Waals surface area contributed by atoms with Crippen LogP contribution in [0.2, 0.25) is 15.1 Å². The average molecular weight is 664 g/mol. The molecule has 0 spiro atoms. The molecule has 0 amide bonds. The summed E-state index contributed by atoms with van der Waals surface area (Å²) in [5.74, 6) is 1.05. The highest BCUT2D eigenvalue weighted by Gasteiger charge is 2.31. The van der Waals surface area contributed by atoms with Crippen molar-refractivity contribution in [1.29, 1.82) is 0 Å². The van der Waals surface area contributed by atoms with E-state index in [2.05, 4.69) is 9.80 Å². The maximum Gasteiger partial charge on any atom is 0.374 e. The number of anilines is 2. The first kappa shape index (κ1) is 31.7. The molecule has 222 valence electrons. The van der Waals surface area contributed by atoms with Gasteiger partial charge in [-0.25, -0.2) is 8.42 Å². The van der Waals surface area contributed by atoms with Gasteiger partial charge in [-0.3, -0.25) is 4.55 Å². The summed E-state index contributed by atoms with van der Waals surface area (Å²) < 4.78 is 62.9. The van der Waals surface area contributed by atoms with E-state index in [1.807, 2.05) is 35.8 Å². The van der Waals surface area contributed by atoms with Gasteiger partial charge in [-0.1, -0.05) is 34.8 Å². The molecule has 1 N–H and O–H groups in total. The SMILES string of the molecule is CCN1C(=CC=Cc2oc3ccc(Cl)cc3[n+]2CCCS(=O)(=O)O)N(CCCCS(C)(=O)=O)c2cc(Cl)c(Cl)cc21. The number of aryl methyl sites for hydroxylation is 1. The highest BCUT2D eigenvalue weighted by Crippen LogP contribution is 2.45. The summed E-state index contributed by atoms with van der Waals surface area (Å²) in [7, 11) is -7.17. The summed E-state index contributed by atoms with van der Waals surface area (Å²) in [5, 5.41) is 1.36. The summed E-state index contributed by atoms with van der Waals surface area (Å²) in [4.78, 5) is 4.18. The fourth-order valence-electron chi connectivity index (χ4n) is 4.78. The molecule has 2 heterocycles. The first-order chi connectivity index (χ1) is 19.3. The second-order valence-electron chi connectivity index (χ2n) is 9.72. The van der Waals surface area contributed by atoms with Crippen LogP contribution in [0.1, 0.15) is 32.1 Å². The zero-order valence-corrected chi connectivity index (χ0v) is 26.5. The third kappa shape index (κ3) is 7.97. The molecule has 9 nitrogen and oxygen atoms in total. The molecule has 0 saturated heterocycles. The zero-order chi connectivity index (χ0) is 29.9. The van der Waals surface area contributed by atoms with E-state index in [1.54, 1.807) is 24.3 Å². The standard InChI is InChI=1S/C27H30Cl3N3O6S2/c1-3-31-22-17-20(29)21(30)18-23(22)32(12-4-5-14-40(2,34)35)26(31)8-6-9-27-33(13-7-15-41(36,37)38)24-16-19(28)10-11-25(24)39-27/h6,8-11,16-18H,3-5,7,12-15H2,1-2H3/p+1. The predicted octanol–water partition coefficient (Wildman–Crippen LogP) is 5.98. The number of benzene rings is 2. The summed E-state index contributed by atoms with van der Waals surface area (Å²) in [6.45, 7) is 3.50. The summed E-state index contributed by atoms with van der Waals surface area (Å²) >= 11 is 18.9. The van der Waals surface area contributed by atoms with Crippen LogP contribution in [-0.4, -0.2) is 52.2 Å². The molecule has 0 saturated carbocycles. The Bertz CT molecular complexity index is 1720. The smallest absolute Gasteiger partial charge is 0.374 e. The van der Waals surface area contributed by atoms with E-state index in [0.717, 1.165) is 17.2 Å². The third-order valence-electron chi connectivity index (χ3n) is 6.58. The van der Waals surface area contributed by atoms with E-state index in [1.165, 1.54) is 6.26 Å². The van der Waals surface area contributed by atoms with E-state index in [4.69, 9.17) is 39.2 Å². The Balaban J connectivity index is 1.68. The van der Waals surface area contributed by atoms with Crippen LogP contribution >= 0.6 is 34.8 Å². The van der Waals surface area contributed by atoms with Gasteiger partial charge in [0.25, 0.3) is 15.6 Å². The number of nitrogens with zero attached hydrogens (tertiary/aromatic N) is 3. The highest BCUT2D eigenvalue weighted by molar-refractivity contribution is 7.90. The maximum absolute atomic E-state index is 11.6. The fraction of sp³-hybridized carbons (Fsp3) is 0.370. The highest BCUT2D eigenvalue weighted by atomic mass is 35.5. The molecule has 0 bridgehead atoms. The first-order valence-electron chi connectivity index (χ1n) is 12.9. The van der Waals surface area contributed by atoms with Crippen LogP contribution in [-0.2, 0) is 26.5 Å². The van der Waals surface area contributed by atoms with Crippen molar-refractivity contribution in [3.8, 4) is 0 Å². The van der Waals surface area contributed by atoms with Crippen molar-refractivity contribution in [3.05, 3.63) is 69.3 Å². The number of hydrogen-bond acceptors (Lipinski definition) is 7. The lowest BCUT2D eigenvalue weighted by Gasteiger charge is -2.24. The van der Waals surface area contributed by atoms with E-state index in [9.17, 15) is 21.4 Å². The second kappa shape index (κ2) is 12.9. The molecule has 2 aromatic carbocycles. The molecule has 4 rings (SSSR count). The van der Waals surface area contributed by atoms with Gasteiger partial charge in [0.1, 0.15) is 15.7 Å². The summed E-state index contributed by atoms with van der Waals surface area (Å²) in [6, 6.07) is 8.82. The minimum absolute atomic E-state index is 0.110. The number of oxazole rings is 1. The molecule has 0 aliphatic carbocycles. The molecule has 1 aromatic heterocycles. The van der Waals surface area contributed by atoms with Crippen LogP contribution in [0.15, 0.2) is 52.7 Å². The molecule has 3 aromatic rings. The number of unbranched alkanes of at least 4 members (excludes halogenated alkanes) is 1. The number of halogens is 3. The van der Waals surface area contributed by atoms with E-state index >= 15 is 0 Å². The van der Waals surface area contributed by atoms with Gasteiger partial charge in [-0.2, -0.15) is 13.0 Å². The summed E-state index contributed by atoms with van der Waals surface area (Å²) in [5.41, 5.74) is 3.04. The number of aromatic nitrogens is 1. The first-order valence-corrected chi connectivity index (χ1v) is 17.7. The van der Waals surface area contributed by atoms with Crippen molar-refractivity contribution < 1.29 is 30.4 Å². The Labute approximate surface area is 255 Å². The number of allylic oxidation sites excluding steroid dienone is 2. The van der Waals surface area contributed by atoms with Gasteiger partial charge in [0, 0.05) is 42.6 Å². The second-order valence-corrected chi connectivity index (χ2v) is 14.8. The molecule has 1 aliphatic rings. The predicted molar refractivity (Wildman–Crippen MR) is 165 cm³/mol. The van der Waals surface area contributed by atoms with Crippen LogP contribution in [0.4, 0.5) is 11.4 Å². The largest absolute Gasteiger partial charge is 0.398 e. The Morgan fingerprint density at radius 2 is 1.63 bits per heavy atom. The lowest BCUT2D eigenvalue weighted by atomic mass is 10.2. The number of rotatable bonds is 12. The van der Waals surface area contributed by atoms with Crippen LogP contribution in [0.5, 0.6) is 0 Å². The minimum atomic E-state index is -4.11. The number of fused-ring (bicyclic) bond motifs is 2. The van der Waals surface area contributed by atoms with Crippen molar-refractivity contribution in [1.82, 2.24) is 0 Å². The van der Waals surface area contributed by atoms with Crippen LogP contribution in [0, 0.1) is 0 Å². The number of sulfone groups is 1. The van der Waals surface area contributed by atoms with E-state index in [-0.39, 0.29) is 24.5 Å². The van der Waals surface area contributed by atoms with Gasteiger partial charge >= 0.3 is 5.89 Å². The van der Waals surface area contributed by atoms with Gasteiger partial charge in [-0.05, 0) is 56.2 Å². The lowest BCUT2D eigenvalue weighted by molar-refractivity contribution is -0.677. The molecule has 0 atom stereocenters. The molecule has 0 unspecified atom stereocenters. The summed E-state index contributed by atoms with van der Waals surface area (Å²) in [6.07, 6.45) is 8.09. The maximum atomic E-state index is 11.6. The average Bonchev–Trinajstić information content (AvgIpc) is 3.35. The number of hydrogen-bond donors (Lipinski definition) is 1. The molecular weight excluding hydrogens is 633 g/mol. The molecule has 41 heavy (non-hydrogen) atoms. The molecule has 0 fully saturated rings. The van der Waals surface area contributed by atoms with Gasteiger partial charge in [0.15, 0.2) is 6.54 Å². The van der Waals surface area contributed by atoms with Crippen LogP contribution < -0.4 is 14.4 Å². The lowest BCUT2D eigenvalue weighted by Crippen LogP contribution is -2.36. The Hall–Kier alpha value is -2.28. The topological polar surface area (TPSA) is 112 Å². The molecular formula is C27H31Cl3N3O6S2+. The van der Waals surface area contributed by atoms with Crippen LogP contribution in [0.25, 0.3) is 17.2 Å². The third-order valence-corrected chi connectivity index (χ3v) is 9.37. The quantitative estimate of drug-likeness (QED) is 0.143. The van der Waals surface area contributed by atoms with Crippen molar-refractivity contribution in [2.75, 3.05) is 40.7 Å². The van der Waals surface area contributed by atoms with Gasteiger partial charge in [0.2, 0.25) is 5.58 Å². The molecule has 0 radical (unpaired) electrons. The normalized spacial score (nSPS) is 15.1. The van der Waals surface area contributed by atoms with Crippen LogP contribution in [0.3, 0.4) is 0 Å². The van der Waals surface area contributed by atoms with Gasteiger partial charge in [0.05, 0.1) is 33.2 Å². The zero-order valence-electron chi connectivity index (χ0n) is 22.6. The Morgan fingerprint density at radius 1 is 0.951 bits per heavy atom. The molecule has 14 heteroatoms. The minimum Gasteiger partial charge on any atom is -0.398 e. The van der Waals surface area contributed by atoms with Crippen molar-refractivity contribution in [3.63, 3.8) is 0 Å². The van der Waals surface area contributed by atoms with Crippen molar-refractivity contribution >= 4 is 83.3 Å². The Morgan fingerprint density at radius 3 is 2.27 bits per heavy atom. The van der Waals surface area contributed by atoms with E-state index in [0.29, 0.717) is 58.0 Å². The van der Waals surface area contributed by atoms with Gasteiger partial charge < -0.3 is 14.2 Å². The van der Waals surface area contributed by atoms with Crippen molar-refractivity contribution in [2.24, 2.45) is 0 Å². The monoisotopic (exact) mass is 662 g/mol. The fourth-order valence-corrected chi connectivity index (χ4v) is 6.49. The van der Waals surface area contributed by atoms with E-state index < -0.39 is 20.0 Å². The van der Waals surface area contributed by atoms with Crippen molar-refractivity contribution in [2.45, 2.75) is 32.7 Å². The Kier molecular flexibility index (Phi) is 9.98.